The van der Waals surface area contributed by atoms with Crippen molar-refractivity contribution in [2.24, 2.45) is 0 Å². The van der Waals surface area contributed by atoms with Crippen LogP contribution in [-0.2, 0) is 0 Å². The van der Waals surface area contributed by atoms with Crippen molar-refractivity contribution in [3.63, 3.8) is 0 Å². The average molecular weight is 455 g/mol. The van der Waals surface area contributed by atoms with Crippen LogP contribution in [-0.4, -0.2) is 14.2 Å². The maximum absolute atomic E-state index is 6.35. The molecule has 1 unspecified atom stereocenters. The van der Waals surface area contributed by atoms with Gasteiger partial charge in [0.1, 0.15) is 0 Å². The van der Waals surface area contributed by atoms with Gasteiger partial charge < -0.3 is 9.47 Å². The Hall–Kier alpha value is -0.420. The molecule has 0 aliphatic rings. The smallest absolute Gasteiger partial charge is 0.162 e. The molecule has 0 heterocycles. The van der Waals surface area contributed by atoms with Gasteiger partial charge in [-0.15, -0.1) is 0 Å². The third kappa shape index (κ3) is 3.67. The zero-order valence-corrected chi connectivity index (χ0v) is 16.0. The molecule has 1 atom stereocenters. The highest BCUT2D eigenvalue weighted by atomic mass is 79.9. The van der Waals surface area contributed by atoms with Gasteiger partial charge in [-0.1, -0.05) is 55.1 Å². The fourth-order valence-electron chi connectivity index (χ4n) is 1.94. The summed E-state index contributed by atoms with van der Waals surface area (Å²) in [6, 6.07) is 9.26. The van der Waals surface area contributed by atoms with E-state index in [2.05, 4.69) is 31.9 Å². The summed E-state index contributed by atoms with van der Waals surface area (Å²) in [6.45, 7) is 0. The first-order chi connectivity index (χ1) is 9.97. The van der Waals surface area contributed by atoms with E-state index >= 15 is 0 Å². The second kappa shape index (κ2) is 7.23. The van der Waals surface area contributed by atoms with E-state index in [-0.39, 0.29) is 4.83 Å². The largest absolute Gasteiger partial charge is 0.493 e. The number of alkyl halides is 1. The third-order valence-corrected chi connectivity index (χ3v) is 5.16. The first-order valence-corrected chi connectivity index (χ1v) is 8.44. The van der Waals surface area contributed by atoms with E-state index in [0.29, 0.717) is 21.5 Å². The number of methoxy groups -OCH3 is 2. The van der Waals surface area contributed by atoms with Gasteiger partial charge in [0.15, 0.2) is 11.5 Å². The minimum Gasteiger partial charge on any atom is -0.493 e. The molecule has 2 aromatic rings. The monoisotopic (exact) mass is 452 g/mol. The minimum absolute atomic E-state index is 0.158. The van der Waals surface area contributed by atoms with Crippen molar-refractivity contribution in [3.05, 3.63) is 56.0 Å². The van der Waals surface area contributed by atoms with Crippen molar-refractivity contribution >= 4 is 55.1 Å². The predicted octanol–water partition coefficient (Wildman–Crippen LogP) is 6.26. The van der Waals surface area contributed by atoms with Crippen LogP contribution >= 0.6 is 55.1 Å². The minimum atomic E-state index is -0.158. The standard InChI is InChI=1S/C15H12Br2Cl2O2/c1-20-13-6-10(12(19)7-14(13)21-2)15(17)9-5-8(16)3-4-11(9)18/h3-7,15H,1-2H3. The molecule has 112 valence electrons. The molecule has 0 aliphatic carbocycles. The molecule has 0 saturated carbocycles. The first kappa shape index (κ1) is 16.9. The lowest BCUT2D eigenvalue weighted by molar-refractivity contribution is 0.354. The van der Waals surface area contributed by atoms with E-state index in [1.807, 2.05) is 24.3 Å². The highest BCUT2D eigenvalue weighted by Gasteiger charge is 2.20. The zero-order valence-electron chi connectivity index (χ0n) is 11.3. The molecule has 2 nitrogen and oxygen atoms in total. The lowest BCUT2D eigenvalue weighted by atomic mass is 10.0. The van der Waals surface area contributed by atoms with Gasteiger partial charge in [0.05, 0.1) is 19.0 Å². The Balaban J connectivity index is 2.52. The molecular formula is C15H12Br2Cl2O2. The van der Waals surface area contributed by atoms with Crippen molar-refractivity contribution in [3.8, 4) is 11.5 Å². The lowest BCUT2D eigenvalue weighted by Gasteiger charge is -2.17. The summed E-state index contributed by atoms with van der Waals surface area (Å²) in [6.07, 6.45) is 0. The number of halogens is 4. The summed E-state index contributed by atoms with van der Waals surface area (Å²) < 4.78 is 11.5. The predicted molar refractivity (Wildman–Crippen MR) is 94.5 cm³/mol. The van der Waals surface area contributed by atoms with Crippen LogP contribution in [0.3, 0.4) is 0 Å². The van der Waals surface area contributed by atoms with Gasteiger partial charge in [-0.2, -0.15) is 0 Å². The van der Waals surface area contributed by atoms with E-state index in [1.165, 1.54) is 0 Å². The molecular weight excluding hydrogens is 443 g/mol. The number of hydrogen-bond acceptors (Lipinski definition) is 2. The van der Waals surface area contributed by atoms with Gasteiger partial charge in [0.25, 0.3) is 0 Å². The van der Waals surface area contributed by atoms with Crippen molar-refractivity contribution in [1.29, 1.82) is 0 Å². The van der Waals surface area contributed by atoms with Crippen molar-refractivity contribution in [2.45, 2.75) is 4.83 Å². The van der Waals surface area contributed by atoms with Crippen LogP contribution in [0.1, 0.15) is 16.0 Å². The van der Waals surface area contributed by atoms with Gasteiger partial charge >= 0.3 is 0 Å². The highest BCUT2D eigenvalue weighted by Crippen LogP contribution is 2.43. The van der Waals surface area contributed by atoms with Crippen LogP contribution in [0.2, 0.25) is 10.0 Å². The Labute approximate surface area is 150 Å². The van der Waals surface area contributed by atoms with E-state index in [4.69, 9.17) is 32.7 Å². The van der Waals surface area contributed by atoms with Crippen molar-refractivity contribution in [1.82, 2.24) is 0 Å². The Morgan fingerprint density at radius 2 is 1.48 bits per heavy atom. The second-order valence-electron chi connectivity index (χ2n) is 4.26. The van der Waals surface area contributed by atoms with Crippen LogP contribution in [0.4, 0.5) is 0 Å². The van der Waals surface area contributed by atoms with E-state index in [9.17, 15) is 0 Å². The summed E-state index contributed by atoms with van der Waals surface area (Å²) in [5.41, 5.74) is 1.77. The van der Waals surface area contributed by atoms with Gasteiger partial charge in [0, 0.05) is 20.6 Å². The molecule has 2 rings (SSSR count). The maximum Gasteiger partial charge on any atom is 0.162 e. The van der Waals surface area contributed by atoms with E-state index < -0.39 is 0 Å². The van der Waals surface area contributed by atoms with Gasteiger partial charge in [0.2, 0.25) is 0 Å². The summed E-state index contributed by atoms with van der Waals surface area (Å²) >= 11 is 19.7. The molecule has 0 spiro atoms. The van der Waals surface area contributed by atoms with Crippen LogP contribution in [0, 0.1) is 0 Å². The highest BCUT2D eigenvalue weighted by molar-refractivity contribution is 9.10. The molecule has 0 aliphatic heterocycles. The van der Waals surface area contributed by atoms with Gasteiger partial charge in [-0.3, -0.25) is 0 Å². The molecule has 0 saturated heterocycles. The number of benzene rings is 2. The number of ether oxygens (including phenoxy) is 2. The fraction of sp³-hybridized carbons (Fsp3) is 0.200. The maximum atomic E-state index is 6.35. The molecule has 0 aromatic heterocycles. The first-order valence-electron chi connectivity index (χ1n) is 5.98. The molecule has 0 fully saturated rings. The van der Waals surface area contributed by atoms with E-state index in [0.717, 1.165) is 15.6 Å². The van der Waals surface area contributed by atoms with Crippen molar-refractivity contribution in [2.75, 3.05) is 14.2 Å². The Kier molecular flexibility index (Phi) is 5.83. The van der Waals surface area contributed by atoms with Crippen molar-refractivity contribution < 1.29 is 9.47 Å². The van der Waals surface area contributed by atoms with Gasteiger partial charge in [-0.05, 0) is 35.4 Å². The molecule has 0 N–H and O–H groups in total. The van der Waals surface area contributed by atoms with E-state index in [1.54, 1.807) is 20.3 Å². The third-order valence-electron chi connectivity index (χ3n) is 3.01. The summed E-state index contributed by atoms with van der Waals surface area (Å²) in [4.78, 5) is -0.158. The summed E-state index contributed by atoms with van der Waals surface area (Å²) in [5.74, 6) is 1.21. The normalized spacial score (nSPS) is 12.1. The lowest BCUT2D eigenvalue weighted by Crippen LogP contribution is -1.98. The summed E-state index contributed by atoms with van der Waals surface area (Å²) in [5, 5.41) is 1.23. The van der Waals surface area contributed by atoms with Gasteiger partial charge in [-0.25, -0.2) is 0 Å². The zero-order chi connectivity index (χ0) is 15.6. The number of hydrogen-bond donors (Lipinski definition) is 0. The molecule has 2 aromatic carbocycles. The molecule has 21 heavy (non-hydrogen) atoms. The van der Waals surface area contributed by atoms with Crippen LogP contribution < -0.4 is 9.47 Å². The van der Waals surface area contributed by atoms with Crippen LogP contribution in [0.25, 0.3) is 0 Å². The fourth-order valence-corrected chi connectivity index (χ4v) is 3.83. The van der Waals surface area contributed by atoms with Crippen LogP contribution in [0.5, 0.6) is 11.5 Å². The molecule has 6 heteroatoms. The second-order valence-corrected chi connectivity index (χ2v) is 6.90. The molecule has 0 amide bonds. The molecule has 0 radical (unpaired) electrons. The average Bonchev–Trinajstić information content (AvgIpc) is 2.48. The summed E-state index contributed by atoms with van der Waals surface area (Å²) in [7, 11) is 3.16. The Morgan fingerprint density at radius 1 is 0.905 bits per heavy atom. The molecule has 0 bridgehead atoms. The topological polar surface area (TPSA) is 18.5 Å². The number of rotatable bonds is 4. The Bertz CT molecular complexity index is 662. The Morgan fingerprint density at radius 3 is 2.10 bits per heavy atom. The quantitative estimate of drug-likeness (QED) is 0.508. The SMILES string of the molecule is COc1cc(Cl)c(C(Br)c2cc(Br)ccc2Cl)cc1OC. The van der Waals surface area contributed by atoms with Crippen LogP contribution in [0.15, 0.2) is 34.8 Å².